The lowest BCUT2D eigenvalue weighted by molar-refractivity contribution is -0.119. The maximum atomic E-state index is 12.5. The zero-order chi connectivity index (χ0) is 21.5. The van der Waals surface area contributed by atoms with E-state index in [1.165, 1.54) is 17.3 Å². The first-order valence-electron chi connectivity index (χ1n) is 10.1. The molecule has 156 valence electrons. The third kappa shape index (κ3) is 5.58. The van der Waals surface area contributed by atoms with E-state index in [0.717, 1.165) is 16.7 Å². The van der Waals surface area contributed by atoms with Crippen molar-refractivity contribution in [2.24, 2.45) is 0 Å². The second kappa shape index (κ2) is 10.0. The van der Waals surface area contributed by atoms with Crippen molar-refractivity contribution in [2.75, 3.05) is 5.75 Å². The van der Waals surface area contributed by atoms with Gasteiger partial charge in [-0.25, -0.2) is 4.68 Å². The average Bonchev–Trinajstić information content (AvgIpc) is 3.26. The summed E-state index contributed by atoms with van der Waals surface area (Å²) in [6.07, 6.45) is 0. The van der Waals surface area contributed by atoms with E-state index < -0.39 is 0 Å². The Bertz CT molecular complexity index is 1110. The number of nitrogens with zero attached hydrogens (tertiary/aromatic N) is 4. The monoisotopic (exact) mass is 429 g/mol. The van der Waals surface area contributed by atoms with Crippen LogP contribution in [0, 0.1) is 0 Å². The van der Waals surface area contributed by atoms with Gasteiger partial charge < -0.3 is 5.32 Å². The van der Waals surface area contributed by atoms with Crippen molar-refractivity contribution in [3.8, 4) is 11.1 Å². The number of nitrogens with one attached hydrogen (secondary N) is 1. The molecule has 1 atom stereocenters. The number of hydrogen-bond acceptors (Lipinski definition) is 5. The summed E-state index contributed by atoms with van der Waals surface area (Å²) in [4.78, 5) is 12.5. The van der Waals surface area contributed by atoms with Crippen LogP contribution in [0.15, 0.2) is 90.1 Å². The van der Waals surface area contributed by atoms with Gasteiger partial charge in [0.15, 0.2) is 0 Å². The van der Waals surface area contributed by atoms with Crippen molar-refractivity contribution in [1.82, 2.24) is 25.5 Å². The lowest BCUT2D eigenvalue weighted by Crippen LogP contribution is -2.28. The van der Waals surface area contributed by atoms with Crippen LogP contribution >= 0.6 is 11.8 Å². The van der Waals surface area contributed by atoms with E-state index in [1.807, 2.05) is 55.5 Å². The van der Waals surface area contributed by atoms with E-state index in [1.54, 1.807) is 4.68 Å². The maximum absolute atomic E-state index is 12.5. The highest BCUT2D eigenvalue weighted by Gasteiger charge is 2.13. The number of hydrogen-bond donors (Lipinski definition) is 1. The Kier molecular flexibility index (Phi) is 6.74. The Morgan fingerprint density at radius 1 is 0.935 bits per heavy atom. The van der Waals surface area contributed by atoms with Gasteiger partial charge in [-0.15, -0.1) is 5.10 Å². The fraction of sp³-hybridized carbons (Fsp3) is 0.167. The molecule has 0 aliphatic rings. The van der Waals surface area contributed by atoms with E-state index in [9.17, 15) is 4.79 Å². The quantitative estimate of drug-likeness (QED) is 0.422. The fourth-order valence-electron chi connectivity index (χ4n) is 3.25. The predicted molar refractivity (Wildman–Crippen MR) is 123 cm³/mol. The number of aromatic nitrogens is 4. The van der Waals surface area contributed by atoms with E-state index in [-0.39, 0.29) is 17.7 Å². The molecule has 4 aromatic rings. The van der Waals surface area contributed by atoms with Gasteiger partial charge >= 0.3 is 0 Å². The van der Waals surface area contributed by atoms with Crippen molar-refractivity contribution >= 4 is 17.7 Å². The summed E-state index contributed by atoms with van der Waals surface area (Å²) >= 11 is 1.33. The van der Waals surface area contributed by atoms with Gasteiger partial charge in [-0.05, 0) is 39.6 Å². The molecule has 0 unspecified atom stereocenters. The van der Waals surface area contributed by atoms with Crippen LogP contribution in [-0.4, -0.2) is 31.9 Å². The van der Waals surface area contributed by atoms with Gasteiger partial charge in [-0.3, -0.25) is 4.79 Å². The number of tetrazole rings is 1. The van der Waals surface area contributed by atoms with Gasteiger partial charge in [0.1, 0.15) is 0 Å². The van der Waals surface area contributed by atoms with Crippen molar-refractivity contribution in [2.45, 2.75) is 24.7 Å². The lowest BCUT2D eigenvalue weighted by atomic mass is 10.0. The number of benzene rings is 3. The molecule has 0 radical (unpaired) electrons. The molecule has 1 amide bonds. The first kappa shape index (κ1) is 20.8. The summed E-state index contributed by atoms with van der Waals surface area (Å²) in [7, 11) is 0. The second-order valence-corrected chi connectivity index (χ2v) is 8.11. The molecule has 4 rings (SSSR count). The predicted octanol–water partition coefficient (Wildman–Crippen LogP) is 4.36. The zero-order valence-electron chi connectivity index (χ0n) is 17.2. The number of carbonyl (C=O) groups is 1. The molecule has 0 aliphatic carbocycles. The van der Waals surface area contributed by atoms with Crippen LogP contribution in [0.5, 0.6) is 0 Å². The summed E-state index contributed by atoms with van der Waals surface area (Å²) in [5.41, 5.74) is 4.50. The molecule has 0 bridgehead atoms. The van der Waals surface area contributed by atoms with Gasteiger partial charge in [0.05, 0.1) is 18.3 Å². The minimum Gasteiger partial charge on any atom is -0.349 e. The highest BCUT2D eigenvalue weighted by molar-refractivity contribution is 7.99. The largest absolute Gasteiger partial charge is 0.349 e. The Morgan fingerprint density at radius 2 is 1.58 bits per heavy atom. The first-order valence-corrected chi connectivity index (χ1v) is 11.1. The van der Waals surface area contributed by atoms with Crippen LogP contribution in [-0.2, 0) is 11.3 Å². The fourth-order valence-corrected chi connectivity index (χ4v) is 3.93. The molecule has 1 N–H and O–H groups in total. The van der Waals surface area contributed by atoms with Crippen molar-refractivity contribution in [3.05, 3.63) is 96.1 Å². The molecule has 7 heteroatoms. The SMILES string of the molecule is C[C@@H](NC(=O)CSc1nnnn1Cc1ccccc1)c1ccc(-c2ccccc2)cc1. The molecule has 3 aromatic carbocycles. The average molecular weight is 430 g/mol. The van der Waals surface area contributed by atoms with Crippen molar-refractivity contribution < 1.29 is 4.79 Å². The summed E-state index contributed by atoms with van der Waals surface area (Å²) in [6, 6.07) is 28.4. The number of thioether (sulfide) groups is 1. The topological polar surface area (TPSA) is 72.7 Å². The molecular weight excluding hydrogens is 406 g/mol. The van der Waals surface area contributed by atoms with Gasteiger partial charge in [-0.1, -0.05) is 96.7 Å². The third-order valence-corrected chi connectivity index (χ3v) is 5.86. The van der Waals surface area contributed by atoms with Gasteiger partial charge in [-0.2, -0.15) is 0 Å². The highest BCUT2D eigenvalue weighted by Crippen LogP contribution is 2.22. The zero-order valence-corrected chi connectivity index (χ0v) is 18.0. The van der Waals surface area contributed by atoms with Gasteiger partial charge in [0.2, 0.25) is 11.1 Å². The van der Waals surface area contributed by atoms with Crippen molar-refractivity contribution in [3.63, 3.8) is 0 Å². The van der Waals surface area contributed by atoms with E-state index >= 15 is 0 Å². The minimum atomic E-state index is -0.0850. The van der Waals surface area contributed by atoms with Gasteiger partial charge in [0, 0.05) is 0 Å². The Balaban J connectivity index is 1.31. The van der Waals surface area contributed by atoms with Crippen LogP contribution in [0.3, 0.4) is 0 Å². The summed E-state index contributed by atoms with van der Waals surface area (Å²) in [6.45, 7) is 2.56. The maximum Gasteiger partial charge on any atom is 0.230 e. The molecule has 0 saturated carbocycles. The number of amides is 1. The van der Waals surface area contributed by atoms with Gasteiger partial charge in [0.25, 0.3) is 0 Å². The molecule has 0 fully saturated rings. The van der Waals surface area contributed by atoms with Crippen molar-refractivity contribution in [1.29, 1.82) is 0 Å². The molecule has 0 spiro atoms. The molecule has 1 aromatic heterocycles. The van der Waals surface area contributed by atoms with Crippen LogP contribution in [0.4, 0.5) is 0 Å². The third-order valence-electron chi connectivity index (χ3n) is 4.90. The normalized spacial score (nSPS) is 11.8. The molecular formula is C24H23N5OS. The molecule has 0 saturated heterocycles. The van der Waals surface area contributed by atoms with Crippen LogP contribution in [0.1, 0.15) is 24.1 Å². The molecule has 0 aliphatic heterocycles. The van der Waals surface area contributed by atoms with Crippen LogP contribution < -0.4 is 5.32 Å². The first-order chi connectivity index (χ1) is 15.2. The Hall–Kier alpha value is -3.45. The van der Waals surface area contributed by atoms with Crippen LogP contribution in [0.25, 0.3) is 11.1 Å². The highest BCUT2D eigenvalue weighted by atomic mass is 32.2. The standard InChI is InChI=1S/C24H23N5OS/c1-18(20-12-14-22(15-13-20)21-10-6-3-7-11-21)25-23(30)17-31-24-26-27-28-29(24)16-19-8-4-2-5-9-19/h2-15,18H,16-17H2,1H3,(H,25,30)/t18-/m1/s1. The second-order valence-electron chi connectivity index (χ2n) is 7.17. The molecule has 1 heterocycles. The summed E-state index contributed by atoms with van der Waals surface area (Å²) < 4.78 is 1.71. The van der Waals surface area contributed by atoms with Crippen LogP contribution in [0.2, 0.25) is 0 Å². The summed E-state index contributed by atoms with van der Waals surface area (Å²) in [5, 5.41) is 15.5. The van der Waals surface area contributed by atoms with E-state index in [2.05, 4.69) is 57.2 Å². The molecule has 6 nitrogen and oxygen atoms in total. The Morgan fingerprint density at radius 3 is 2.29 bits per heavy atom. The smallest absolute Gasteiger partial charge is 0.230 e. The summed E-state index contributed by atoms with van der Waals surface area (Å²) in [5.74, 6) is 0.195. The Labute approximate surface area is 185 Å². The number of carbonyl (C=O) groups excluding carboxylic acids is 1. The number of rotatable bonds is 8. The van der Waals surface area contributed by atoms with E-state index in [4.69, 9.17) is 0 Å². The van der Waals surface area contributed by atoms with E-state index in [0.29, 0.717) is 11.7 Å². The lowest BCUT2D eigenvalue weighted by Gasteiger charge is -2.15. The minimum absolute atomic E-state index is 0.0566. The molecule has 31 heavy (non-hydrogen) atoms.